The number of hydrogen-bond donors (Lipinski definition) is 2. The number of amides is 3. The average molecular weight is 658 g/mol. The van der Waals surface area contributed by atoms with E-state index in [4.69, 9.17) is 9.47 Å². The third-order valence-electron chi connectivity index (χ3n) is 8.09. The summed E-state index contributed by atoms with van der Waals surface area (Å²) in [5.74, 6) is -1.00. The Morgan fingerprint density at radius 2 is 1.66 bits per heavy atom. The Kier molecular flexibility index (Phi) is 8.95. The molecule has 4 aromatic rings. The van der Waals surface area contributed by atoms with Crippen LogP contribution in [0, 0.1) is 5.82 Å². The molecule has 7 rings (SSSR count). The number of sulfone groups is 1. The van der Waals surface area contributed by atoms with Crippen LogP contribution >= 0.6 is 0 Å². The van der Waals surface area contributed by atoms with Crippen molar-refractivity contribution in [2.24, 2.45) is 0 Å². The molecule has 2 N–H and O–H groups in total. The Morgan fingerprint density at radius 1 is 0.915 bits per heavy atom. The predicted molar refractivity (Wildman–Crippen MR) is 171 cm³/mol. The van der Waals surface area contributed by atoms with Crippen LogP contribution in [0.15, 0.2) is 95.9 Å². The van der Waals surface area contributed by atoms with Crippen molar-refractivity contribution in [1.29, 1.82) is 0 Å². The topological polar surface area (TPSA) is 131 Å². The number of ether oxygens (including phenoxy) is 2. The molecule has 4 aromatic carbocycles. The van der Waals surface area contributed by atoms with Crippen molar-refractivity contribution >= 4 is 27.6 Å². The van der Waals surface area contributed by atoms with E-state index in [0.29, 0.717) is 28.2 Å². The van der Waals surface area contributed by atoms with Crippen molar-refractivity contribution in [3.05, 3.63) is 114 Å². The van der Waals surface area contributed by atoms with E-state index < -0.39 is 33.7 Å². The molecule has 0 unspecified atom stereocenters. The van der Waals surface area contributed by atoms with E-state index >= 15 is 4.39 Å². The third-order valence-corrected chi connectivity index (χ3v) is 9.22. The first-order valence-electron chi connectivity index (χ1n) is 14.9. The molecule has 3 heterocycles. The van der Waals surface area contributed by atoms with Crippen LogP contribution in [0.5, 0.6) is 11.5 Å². The molecule has 3 aliphatic heterocycles. The number of benzene rings is 4. The number of nitrogens with one attached hydrogen (secondary N) is 2. The fourth-order valence-electron chi connectivity index (χ4n) is 5.53. The van der Waals surface area contributed by atoms with Gasteiger partial charge in [-0.3, -0.25) is 14.4 Å². The number of likely N-dealkylation sites (tertiary alicyclic amines) is 1. The molecule has 0 aliphatic carbocycles. The van der Waals surface area contributed by atoms with Gasteiger partial charge in [0.2, 0.25) is 5.91 Å². The number of carbonyl (C=O) groups excluding carboxylic acids is 3. The highest BCUT2D eigenvalue weighted by Gasteiger charge is 2.38. The van der Waals surface area contributed by atoms with E-state index in [1.54, 1.807) is 71.6 Å². The van der Waals surface area contributed by atoms with Crippen LogP contribution in [0.2, 0.25) is 0 Å². The monoisotopic (exact) mass is 657 g/mol. The summed E-state index contributed by atoms with van der Waals surface area (Å²) in [4.78, 5) is 41.1. The van der Waals surface area contributed by atoms with Gasteiger partial charge in [-0.05, 0) is 70.8 Å². The predicted octanol–water partition coefficient (Wildman–Crippen LogP) is 3.54. The van der Waals surface area contributed by atoms with Gasteiger partial charge in [0.1, 0.15) is 23.4 Å². The highest BCUT2D eigenvalue weighted by atomic mass is 32.2. The maximum absolute atomic E-state index is 15.1. The molecule has 2 atom stereocenters. The minimum Gasteiger partial charge on any atom is -0.486 e. The highest BCUT2D eigenvalue weighted by molar-refractivity contribution is 7.90. The van der Waals surface area contributed by atoms with Crippen LogP contribution in [0.3, 0.4) is 0 Å². The molecule has 47 heavy (non-hydrogen) atoms. The second-order valence-electron chi connectivity index (χ2n) is 11.6. The Bertz CT molecular complexity index is 1930. The van der Waals surface area contributed by atoms with Gasteiger partial charge in [0.25, 0.3) is 11.8 Å². The van der Waals surface area contributed by atoms with Crippen LogP contribution in [0.4, 0.5) is 4.39 Å². The Labute approximate surface area is 271 Å². The molecule has 12 heteroatoms. The summed E-state index contributed by atoms with van der Waals surface area (Å²) in [5, 5.41) is 5.71. The minimum atomic E-state index is -3.38. The number of fused-ring (bicyclic) bond motifs is 7. The van der Waals surface area contributed by atoms with Crippen molar-refractivity contribution in [2.45, 2.75) is 30.0 Å². The van der Waals surface area contributed by atoms with Crippen molar-refractivity contribution in [3.63, 3.8) is 0 Å². The molecule has 3 amide bonds. The van der Waals surface area contributed by atoms with Gasteiger partial charge < -0.3 is 25.0 Å². The lowest BCUT2D eigenvalue weighted by molar-refractivity contribution is -0.129. The number of halogens is 1. The molecule has 242 valence electrons. The largest absolute Gasteiger partial charge is 0.486 e. The lowest BCUT2D eigenvalue weighted by Crippen LogP contribution is -2.45. The van der Waals surface area contributed by atoms with Crippen molar-refractivity contribution in [2.75, 3.05) is 26.0 Å². The summed E-state index contributed by atoms with van der Waals surface area (Å²) < 4.78 is 50.7. The fourth-order valence-corrected chi connectivity index (χ4v) is 6.16. The van der Waals surface area contributed by atoms with Crippen molar-refractivity contribution in [3.8, 4) is 22.6 Å². The molecule has 0 saturated carbocycles. The molecule has 3 aliphatic rings. The van der Waals surface area contributed by atoms with E-state index in [2.05, 4.69) is 10.6 Å². The first-order valence-corrected chi connectivity index (χ1v) is 16.8. The van der Waals surface area contributed by atoms with E-state index in [1.165, 1.54) is 24.3 Å². The Balaban J connectivity index is 1.28. The molecule has 1 saturated heterocycles. The van der Waals surface area contributed by atoms with Crippen LogP contribution < -0.4 is 20.1 Å². The van der Waals surface area contributed by atoms with E-state index in [-0.39, 0.29) is 54.9 Å². The second kappa shape index (κ2) is 13.2. The summed E-state index contributed by atoms with van der Waals surface area (Å²) in [6.07, 6.45) is 0.467. The zero-order valence-corrected chi connectivity index (χ0v) is 26.3. The molecule has 6 bridgehead atoms. The highest BCUT2D eigenvalue weighted by Crippen LogP contribution is 2.27. The van der Waals surface area contributed by atoms with Gasteiger partial charge in [0.15, 0.2) is 16.4 Å². The first kappa shape index (κ1) is 31.7. The van der Waals surface area contributed by atoms with Gasteiger partial charge in [-0.15, -0.1) is 0 Å². The van der Waals surface area contributed by atoms with Crippen LogP contribution in [-0.2, 0) is 32.4 Å². The van der Waals surface area contributed by atoms with E-state index in [0.717, 1.165) is 11.8 Å². The van der Waals surface area contributed by atoms with Gasteiger partial charge in [0.05, 0.1) is 29.5 Å². The lowest BCUT2D eigenvalue weighted by Gasteiger charge is -2.21. The number of rotatable bonds is 3. The lowest BCUT2D eigenvalue weighted by atomic mass is 10.0. The number of carbonyl (C=O) groups is 3. The normalized spacial score (nSPS) is 18.3. The Hall–Kier alpha value is -5.23. The molecule has 0 radical (unpaired) electrons. The standard InChI is InChI=1S/C35H32FN3O7S/c1-47(43,44)28-12-7-22(8-13-28)15-34(41)39-19-31-32(20-39)46-26-10-5-23(6-11-26)18-37-33(40)21-45-27-4-2-3-24(16-27)25-9-14-30(36)29(17-25)35(42)38-31/h2-14,16-17,31-32H,15,18-21H2,1H3,(H,37,40)(H,38,42)/t31-,32-/m0/s1. The summed E-state index contributed by atoms with van der Waals surface area (Å²) in [6, 6.07) is 23.7. The van der Waals surface area contributed by atoms with Gasteiger partial charge in [-0.1, -0.05) is 42.5 Å². The summed E-state index contributed by atoms with van der Waals surface area (Å²) in [7, 11) is -3.38. The van der Waals surface area contributed by atoms with Crippen LogP contribution in [0.1, 0.15) is 21.5 Å². The smallest absolute Gasteiger partial charge is 0.258 e. The summed E-state index contributed by atoms with van der Waals surface area (Å²) in [6.45, 7) is 0.336. The quantitative estimate of drug-likeness (QED) is 0.345. The number of nitrogens with zero attached hydrogens (tertiary/aromatic N) is 1. The molecular weight excluding hydrogens is 625 g/mol. The first-order chi connectivity index (χ1) is 22.5. The maximum Gasteiger partial charge on any atom is 0.258 e. The van der Waals surface area contributed by atoms with E-state index in [1.807, 2.05) is 0 Å². The summed E-state index contributed by atoms with van der Waals surface area (Å²) >= 11 is 0. The molecule has 0 spiro atoms. The van der Waals surface area contributed by atoms with Gasteiger partial charge in [0, 0.05) is 19.3 Å². The fraction of sp³-hybridized carbons (Fsp3) is 0.229. The zero-order valence-electron chi connectivity index (χ0n) is 25.4. The van der Waals surface area contributed by atoms with Gasteiger partial charge in [-0.2, -0.15) is 0 Å². The molecule has 10 nitrogen and oxygen atoms in total. The maximum atomic E-state index is 15.1. The Morgan fingerprint density at radius 3 is 2.40 bits per heavy atom. The van der Waals surface area contributed by atoms with E-state index in [9.17, 15) is 22.8 Å². The summed E-state index contributed by atoms with van der Waals surface area (Å²) in [5.41, 5.74) is 2.51. The molecule has 0 aromatic heterocycles. The second-order valence-corrected chi connectivity index (χ2v) is 13.6. The van der Waals surface area contributed by atoms with Gasteiger partial charge in [-0.25, -0.2) is 12.8 Å². The third kappa shape index (κ3) is 7.60. The van der Waals surface area contributed by atoms with Crippen molar-refractivity contribution in [1.82, 2.24) is 15.5 Å². The number of hydrogen-bond acceptors (Lipinski definition) is 7. The average Bonchev–Trinajstić information content (AvgIpc) is 3.45. The van der Waals surface area contributed by atoms with Crippen molar-refractivity contribution < 1.29 is 36.7 Å². The van der Waals surface area contributed by atoms with Gasteiger partial charge >= 0.3 is 0 Å². The SMILES string of the molecule is CS(=O)(=O)c1ccc(CC(=O)N2C[C@@H]3NC(=O)c4cc(ccc4F)-c4cccc(c4)OCC(=O)NCc4ccc(cc4)O[C@H]3C2)cc1. The minimum absolute atomic E-state index is 0.0112. The van der Waals surface area contributed by atoms with Crippen LogP contribution in [0.25, 0.3) is 11.1 Å². The molecular formula is C35H32FN3O7S. The zero-order chi connectivity index (χ0) is 33.1. The van der Waals surface area contributed by atoms with Crippen LogP contribution in [-0.4, -0.2) is 69.1 Å². The molecule has 1 fully saturated rings.